The van der Waals surface area contributed by atoms with Crippen molar-refractivity contribution in [1.29, 1.82) is 0 Å². The number of imidazole rings is 1. The molecular formula is C37H31N7O2S. The zero-order chi connectivity index (χ0) is 31.6. The number of benzene rings is 4. The monoisotopic (exact) mass is 637 g/mol. The first-order valence-corrected chi connectivity index (χ1v) is 16.4. The van der Waals surface area contributed by atoms with Crippen LogP contribution in [0.1, 0.15) is 5.56 Å². The lowest BCUT2D eigenvalue weighted by Crippen LogP contribution is -2.36. The number of morpholine rings is 1. The first-order valence-electron chi connectivity index (χ1n) is 15.5. The predicted molar refractivity (Wildman–Crippen MR) is 189 cm³/mol. The Balaban J connectivity index is 1.03. The van der Waals surface area contributed by atoms with Gasteiger partial charge in [0.25, 0.3) is 0 Å². The lowest BCUT2D eigenvalue weighted by atomic mass is 10.0. The van der Waals surface area contributed by atoms with Gasteiger partial charge in [-0.05, 0) is 58.8 Å². The van der Waals surface area contributed by atoms with Gasteiger partial charge in [0.15, 0.2) is 4.96 Å². The molecule has 4 aromatic carbocycles. The molecule has 1 amide bonds. The molecule has 9 nitrogen and oxygen atoms in total. The molecule has 0 unspecified atom stereocenters. The largest absolute Gasteiger partial charge is 0.378 e. The average molecular weight is 638 g/mol. The van der Waals surface area contributed by atoms with Crippen molar-refractivity contribution in [3.63, 3.8) is 0 Å². The van der Waals surface area contributed by atoms with Gasteiger partial charge in [-0.15, -0.1) is 11.3 Å². The Morgan fingerprint density at radius 2 is 1.70 bits per heavy atom. The summed E-state index contributed by atoms with van der Waals surface area (Å²) in [5.41, 5.74) is 7.00. The minimum Gasteiger partial charge on any atom is -0.378 e. The van der Waals surface area contributed by atoms with Crippen LogP contribution in [-0.4, -0.2) is 51.6 Å². The molecule has 0 bridgehead atoms. The van der Waals surface area contributed by atoms with Crippen LogP contribution in [0, 0.1) is 0 Å². The fourth-order valence-corrected chi connectivity index (χ4v) is 6.69. The summed E-state index contributed by atoms with van der Waals surface area (Å²) in [6.07, 6.45) is 4.04. The number of fused-ring (bicyclic) bond motifs is 2. The van der Waals surface area contributed by atoms with E-state index in [2.05, 4.69) is 56.9 Å². The molecule has 4 heterocycles. The standard InChI is InChI=1S/C37H31N7O2S/c45-33(23-25-8-9-26-4-1-2-5-27(26)22-25)39-30-7-3-6-28(24-30)34-35(44-18-21-47-37(44)42-34)32-14-15-38-36(41-32)40-29-10-12-31(13-11-29)43-16-19-46-20-17-43/h1-15,18,21-22,24H,16-17,19-20,23H2,(H,39,45)(H,38,40,41). The van der Waals surface area contributed by atoms with Crippen molar-refractivity contribution in [2.45, 2.75) is 6.42 Å². The molecule has 0 aliphatic carbocycles. The third-order valence-electron chi connectivity index (χ3n) is 8.26. The molecule has 10 heteroatoms. The average Bonchev–Trinajstić information content (AvgIpc) is 3.71. The van der Waals surface area contributed by atoms with Crippen molar-refractivity contribution in [2.24, 2.45) is 0 Å². The predicted octanol–water partition coefficient (Wildman–Crippen LogP) is 7.43. The zero-order valence-electron chi connectivity index (χ0n) is 25.5. The van der Waals surface area contributed by atoms with E-state index >= 15 is 0 Å². The molecule has 7 aromatic rings. The molecular weight excluding hydrogens is 607 g/mol. The number of nitrogens with one attached hydrogen (secondary N) is 2. The van der Waals surface area contributed by atoms with Crippen LogP contribution >= 0.6 is 11.3 Å². The summed E-state index contributed by atoms with van der Waals surface area (Å²) in [6.45, 7) is 3.28. The molecule has 1 saturated heterocycles. The Bertz CT molecular complexity index is 2200. The van der Waals surface area contributed by atoms with E-state index < -0.39 is 0 Å². The van der Waals surface area contributed by atoms with Crippen LogP contribution in [0.15, 0.2) is 115 Å². The molecule has 3 aromatic heterocycles. The number of carbonyl (C=O) groups excluding carboxylic acids is 1. The lowest BCUT2D eigenvalue weighted by molar-refractivity contribution is -0.115. The quantitative estimate of drug-likeness (QED) is 0.179. The molecule has 0 spiro atoms. The number of hydrogen-bond acceptors (Lipinski definition) is 8. The summed E-state index contributed by atoms with van der Waals surface area (Å²) in [7, 11) is 0. The number of thiazole rings is 1. The van der Waals surface area contributed by atoms with Gasteiger partial charge in [0.05, 0.1) is 31.0 Å². The summed E-state index contributed by atoms with van der Waals surface area (Å²) in [6, 6.07) is 32.3. The number of amides is 1. The first-order chi connectivity index (χ1) is 23.2. The van der Waals surface area contributed by atoms with Gasteiger partial charge in [0.1, 0.15) is 5.69 Å². The van der Waals surface area contributed by atoms with E-state index in [1.807, 2.05) is 76.6 Å². The maximum atomic E-state index is 13.1. The molecule has 1 fully saturated rings. The number of carbonyl (C=O) groups is 1. The number of hydrogen-bond donors (Lipinski definition) is 2. The Morgan fingerprint density at radius 3 is 2.57 bits per heavy atom. The van der Waals surface area contributed by atoms with E-state index in [1.54, 1.807) is 17.5 Å². The van der Waals surface area contributed by atoms with Gasteiger partial charge in [-0.3, -0.25) is 9.20 Å². The maximum Gasteiger partial charge on any atom is 0.228 e. The third-order valence-corrected chi connectivity index (χ3v) is 9.01. The van der Waals surface area contributed by atoms with Gasteiger partial charge < -0.3 is 20.3 Å². The van der Waals surface area contributed by atoms with Crippen LogP contribution in [0.3, 0.4) is 0 Å². The minimum atomic E-state index is -0.0760. The normalized spacial score (nSPS) is 13.2. The smallest absolute Gasteiger partial charge is 0.228 e. The van der Waals surface area contributed by atoms with E-state index in [0.29, 0.717) is 11.6 Å². The molecule has 1 aliphatic rings. The fourth-order valence-electron chi connectivity index (χ4n) is 5.97. The zero-order valence-corrected chi connectivity index (χ0v) is 26.3. The van der Waals surface area contributed by atoms with Crippen molar-refractivity contribution in [1.82, 2.24) is 19.4 Å². The van der Waals surface area contributed by atoms with E-state index in [-0.39, 0.29) is 12.3 Å². The molecule has 1 aliphatic heterocycles. The molecule has 47 heavy (non-hydrogen) atoms. The Morgan fingerprint density at radius 1 is 0.851 bits per heavy atom. The first kappa shape index (κ1) is 28.9. The van der Waals surface area contributed by atoms with Gasteiger partial charge in [-0.1, -0.05) is 54.6 Å². The van der Waals surface area contributed by atoms with Gasteiger partial charge in [0, 0.05) is 53.5 Å². The third kappa shape index (κ3) is 6.16. The topological polar surface area (TPSA) is 96.7 Å². The maximum absolute atomic E-state index is 13.1. The van der Waals surface area contributed by atoms with Gasteiger partial charge in [-0.25, -0.2) is 15.0 Å². The number of aromatic nitrogens is 4. The Kier molecular flexibility index (Phi) is 7.78. The van der Waals surface area contributed by atoms with Crippen LogP contribution in [0.25, 0.3) is 38.4 Å². The van der Waals surface area contributed by atoms with Crippen LogP contribution in [0.2, 0.25) is 0 Å². The fraction of sp³-hybridized carbons (Fsp3) is 0.135. The minimum absolute atomic E-state index is 0.0760. The summed E-state index contributed by atoms with van der Waals surface area (Å²) in [5, 5.41) is 10.7. The highest BCUT2D eigenvalue weighted by atomic mass is 32.1. The molecule has 2 N–H and O–H groups in total. The van der Waals surface area contributed by atoms with E-state index in [4.69, 9.17) is 14.7 Å². The summed E-state index contributed by atoms with van der Waals surface area (Å²) >= 11 is 1.56. The molecule has 8 rings (SSSR count). The second-order valence-electron chi connectivity index (χ2n) is 11.4. The highest BCUT2D eigenvalue weighted by molar-refractivity contribution is 7.15. The van der Waals surface area contributed by atoms with E-state index in [1.165, 1.54) is 5.69 Å². The number of rotatable bonds is 8. The van der Waals surface area contributed by atoms with E-state index in [0.717, 1.165) is 75.9 Å². The van der Waals surface area contributed by atoms with Crippen LogP contribution in [-0.2, 0) is 16.0 Å². The van der Waals surface area contributed by atoms with Crippen molar-refractivity contribution in [3.05, 3.63) is 120 Å². The molecule has 0 saturated carbocycles. The van der Waals surface area contributed by atoms with Crippen molar-refractivity contribution >= 4 is 56.0 Å². The van der Waals surface area contributed by atoms with Crippen molar-refractivity contribution < 1.29 is 9.53 Å². The van der Waals surface area contributed by atoms with Crippen molar-refractivity contribution in [3.8, 4) is 22.6 Å². The summed E-state index contributed by atoms with van der Waals surface area (Å²) in [5.74, 6) is 0.417. The Hall–Kier alpha value is -5.58. The summed E-state index contributed by atoms with van der Waals surface area (Å²) < 4.78 is 7.53. The molecule has 0 radical (unpaired) electrons. The molecule has 0 atom stereocenters. The van der Waals surface area contributed by atoms with Crippen LogP contribution in [0.5, 0.6) is 0 Å². The molecule has 232 valence electrons. The highest BCUT2D eigenvalue weighted by Gasteiger charge is 2.19. The van der Waals surface area contributed by atoms with Gasteiger partial charge >= 0.3 is 0 Å². The van der Waals surface area contributed by atoms with Gasteiger partial charge in [-0.2, -0.15) is 0 Å². The Labute approximate surface area is 275 Å². The summed E-state index contributed by atoms with van der Waals surface area (Å²) in [4.78, 5) is 30.6. The van der Waals surface area contributed by atoms with Crippen LogP contribution in [0.4, 0.5) is 23.0 Å². The SMILES string of the molecule is O=C(Cc1ccc2ccccc2c1)Nc1cccc(-c2nc3sccn3c2-c2ccnc(Nc3ccc(N4CCOCC4)cc3)n2)c1. The second kappa shape index (κ2) is 12.7. The number of nitrogens with zero attached hydrogens (tertiary/aromatic N) is 5. The van der Waals surface area contributed by atoms with Gasteiger partial charge in [0.2, 0.25) is 11.9 Å². The van der Waals surface area contributed by atoms with Crippen molar-refractivity contribution in [2.75, 3.05) is 41.8 Å². The van der Waals surface area contributed by atoms with Crippen LogP contribution < -0.4 is 15.5 Å². The highest BCUT2D eigenvalue weighted by Crippen LogP contribution is 2.35. The lowest BCUT2D eigenvalue weighted by Gasteiger charge is -2.28. The van der Waals surface area contributed by atoms with E-state index in [9.17, 15) is 4.79 Å². The number of anilines is 4. The second-order valence-corrected chi connectivity index (χ2v) is 12.3. The number of ether oxygens (including phenoxy) is 1.